The molecular weight excluding hydrogens is 576 g/mol. The molecular formula is C40H30O6. The SMILES string of the molecule is CCc1cc(CC)c2c(OC(=O)Oc3cccc4ccccc34)c3ccccc3c(OC(=O)Oc3cccc4ccccc34)c2c1. The number of aryl methyl sites for hydroxylation is 2. The average Bonchev–Trinajstić information content (AvgIpc) is 3.09. The maximum atomic E-state index is 13.5. The smallest absolute Gasteiger partial charge is 0.394 e. The summed E-state index contributed by atoms with van der Waals surface area (Å²) >= 11 is 0. The van der Waals surface area contributed by atoms with E-state index < -0.39 is 12.3 Å². The first-order valence-corrected chi connectivity index (χ1v) is 15.3. The van der Waals surface area contributed by atoms with Gasteiger partial charge in [0.2, 0.25) is 0 Å². The third-order valence-corrected chi connectivity index (χ3v) is 8.21. The van der Waals surface area contributed by atoms with Crippen LogP contribution in [0.2, 0.25) is 0 Å². The van der Waals surface area contributed by atoms with Crippen LogP contribution in [0.15, 0.2) is 121 Å². The zero-order valence-electron chi connectivity index (χ0n) is 25.4. The van der Waals surface area contributed by atoms with Gasteiger partial charge >= 0.3 is 12.3 Å². The zero-order chi connectivity index (χ0) is 31.6. The van der Waals surface area contributed by atoms with E-state index >= 15 is 0 Å². The van der Waals surface area contributed by atoms with Gasteiger partial charge < -0.3 is 18.9 Å². The number of hydrogen-bond donors (Lipinski definition) is 0. The lowest BCUT2D eigenvalue weighted by atomic mass is 9.93. The van der Waals surface area contributed by atoms with Crippen LogP contribution in [0.25, 0.3) is 43.1 Å². The summed E-state index contributed by atoms with van der Waals surface area (Å²) in [5.41, 5.74) is 2.00. The van der Waals surface area contributed by atoms with Crippen LogP contribution in [0.3, 0.4) is 0 Å². The fourth-order valence-corrected chi connectivity index (χ4v) is 6.03. The standard InChI is InChI=1S/C40H30O6/c1-3-25-23-26(4-2)36-33(24-25)37(45-39(41)43-34-21-11-15-27-13-5-7-17-29(27)34)31-19-9-10-20-32(31)38(36)46-40(42)44-35-22-12-16-28-14-6-8-18-30(28)35/h5-24H,3-4H2,1-2H3. The van der Waals surface area contributed by atoms with E-state index in [4.69, 9.17) is 18.9 Å². The number of rotatable bonds is 6. The molecule has 7 rings (SSSR count). The van der Waals surface area contributed by atoms with Gasteiger partial charge in [-0.3, -0.25) is 0 Å². The average molecular weight is 607 g/mol. The van der Waals surface area contributed by atoms with Crippen molar-refractivity contribution in [2.24, 2.45) is 0 Å². The topological polar surface area (TPSA) is 71.1 Å². The van der Waals surface area contributed by atoms with E-state index in [-0.39, 0.29) is 0 Å². The molecule has 6 heteroatoms. The molecule has 0 unspecified atom stereocenters. The van der Waals surface area contributed by atoms with Crippen molar-refractivity contribution in [2.75, 3.05) is 0 Å². The van der Waals surface area contributed by atoms with E-state index in [1.807, 2.05) is 110 Å². The van der Waals surface area contributed by atoms with Crippen LogP contribution >= 0.6 is 0 Å². The first-order valence-electron chi connectivity index (χ1n) is 15.3. The largest absolute Gasteiger partial charge is 0.519 e. The van der Waals surface area contributed by atoms with Crippen molar-refractivity contribution in [1.29, 1.82) is 0 Å². The van der Waals surface area contributed by atoms with Gasteiger partial charge in [0.05, 0.1) is 0 Å². The highest BCUT2D eigenvalue weighted by molar-refractivity contribution is 6.14. The number of fused-ring (bicyclic) bond motifs is 4. The second kappa shape index (κ2) is 12.3. The van der Waals surface area contributed by atoms with Crippen LogP contribution in [0.1, 0.15) is 25.0 Å². The number of carbonyl (C=O) groups excluding carboxylic acids is 2. The van der Waals surface area contributed by atoms with Crippen LogP contribution < -0.4 is 18.9 Å². The fourth-order valence-electron chi connectivity index (χ4n) is 6.03. The normalized spacial score (nSPS) is 11.2. The summed E-state index contributed by atoms with van der Waals surface area (Å²) in [5, 5.41) is 5.98. The van der Waals surface area contributed by atoms with Gasteiger partial charge in [-0.1, -0.05) is 117 Å². The van der Waals surface area contributed by atoms with Gasteiger partial charge in [0.1, 0.15) is 11.5 Å². The van der Waals surface area contributed by atoms with Crippen LogP contribution in [0, 0.1) is 0 Å². The summed E-state index contributed by atoms with van der Waals surface area (Å²) in [4.78, 5) is 26.9. The highest BCUT2D eigenvalue weighted by atomic mass is 16.7. The van der Waals surface area contributed by atoms with Crippen molar-refractivity contribution in [1.82, 2.24) is 0 Å². The molecule has 7 aromatic rings. The Hall–Kier alpha value is -5.88. The second-order valence-corrected chi connectivity index (χ2v) is 11.0. The Morgan fingerprint density at radius 1 is 0.478 bits per heavy atom. The molecule has 0 saturated heterocycles. The Morgan fingerprint density at radius 2 is 0.957 bits per heavy atom. The predicted octanol–water partition coefficient (Wildman–Crippen LogP) is 10.6. The van der Waals surface area contributed by atoms with Crippen LogP contribution in [-0.4, -0.2) is 12.3 Å². The molecule has 0 aromatic heterocycles. The van der Waals surface area contributed by atoms with Crippen molar-refractivity contribution in [2.45, 2.75) is 26.7 Å². The molecule has 0 atom stereocenters. The minimum absolute atomic E-state index is 0.329. The first kappa shape index (κ1) is 28.9. The lowest BCUT2D eigenvalue weighted by Gasteiger charge is -2.19. The third-order valence-electron chi connectivity index (χ3n) is 8.21. The lowest BCUT2D eigenvalue weighted by molar-refractivity contribution is 0.151. The van der Waals surface area contributed by atoms with Crippen LogP contribution in [0.4, 0.5) is 9.59 Å². The van der Waals surface area contributed by atoms with Gasteiger partial charge in [-0.15, -0.1) is 0 Å². The minimum Gasteiger partial charge on any atom is -0.394 e. The highest BCUT2D eigenvalue weighted by Gasteiger charge is 2.24. The van der Waals surface area contributed by atoms with Gasteiger partial charge in [0.25, 0.3) is 0 Å². The molecule has 0 amide bonds. The zero-order valence-corrected chi connectivity index (χ0v) is 25.4. The number of benzene rings is 7. The third kappa shape index (κ3) is 5.35. The van der Waals surface area contributed by atoms with E-state index in [1.165, 1.54) is 0 Å². The predicted molar refractivity (Wildman–Crippen MR) is 181 cm³/mol. The number of ether oxygens (including phenoxy) is 4. The number of carbonyl (C=O) groups is 2. The summed E-state index contributed by atoms with van der Waals surface area (Å²) in [7, 11) is 0. The Bertz CT molecular complexity index is 2280. The molecule has 0 heterocycles. The monoisotopic (exact) mass is 606 g/mol. The summed E-state index contributed by atoms with van der Waals surface area (Å²) in [5.74, 6) is 1.47. The van der Waals surface area contributed by atoms with Gasteiger partial charge in [-0.25, -0.2) is 9.59 Å². The molecule has 0 spiro atoms. The minimum atomic E-state index is -0.869. The first-order chi connectivity index (χ1) is 22.5. The summed E-state index contributed by atoms with van der Waals surface area (Å²) in [6.45, 7) is 4.10. The van der Waals surface area contributed by atoms with E-state index in [0.717, 1.165) is 39.1 Å². The van der Waals surface area contributed by atoms with E-state index in [2.05, 4.69) is 13.0 Å². The van der Waals surface area contributed by atoms with Crippen molar-refractivity contribution >= 4 is 55.4 Å². The van der Waals surface area contributed by atoms with E-state index in [0.29, 0.717) is 51.0 Å². The Balaban J connectivity index is 1.33. The van der Waals surface area contributed by atoms with Crippen molar-refractivity contribution in [3.05, 3.63) is 132 Å². The van der Waals surface area contributed by atoms with Gasteiger partial charge in [0.15, 0.2) is 11.5 Å². The number of hydrogen-bond acceptors (Lipinski definition) is 6. The highest BCUT2D eigenvalue weighted by Crippen LogP contribution is 2.45. The molecule has 7 aromatic carbocycles. The van der Waals surface area contributed by atoms with Gasteiger partial charge in [-0.2, -0.15) is 0 Å². The van der Waals surface area contributed by atoms with E-state index in [1.54, 1.807) is 12.1 Å². The molecule has 0 saturated carbocycles. The van der Waals surface area contributed by atoms with Gasteiger partial charge in [-0.05, 0) is 52.9 Å². The molecule has 0 aliphatic rings. The molecule has 0 bridgehead atoms. The maximum Gasteiger partial charge on any atom is 0.519 e. The Morgan fingerprint density at radius 3 is 1.50 bits per heavy atom. The van der Waals surface area contributed by atoms with Crippen molar-refractivity contribution < 1.29 is 28.5 Å². The van der Waals surface area contributed by atoms with Crippen molar-refractivity contribution in [3.63, 3.8) is 0 Å². The molecule has 6 nitrogen and oxygen atoms in total. The fraction of sp³-hybridized carbons (Fsp3) is 0.100. The van der Waals surface area contributed by atoms with E-state index in [9.17, 15) is 9.59 Å². The maximum absolute atomic E-state index is 13.5. The Labute approximate surface area is 265 Å². The molecule has 0 fully saturated rings. The molecule has 0 N–H and O–H groups in total. The summed E-state index contributed by atoms with van der Waals surface area (Å²) in [6, 6.07) is 37.9. The molecule has 46 heavy (non-hydrogen) atoms. The molecule has 0 aliphatic carbocycles. The summed E-state index contributed by atoms with van der Waals surface area (Å²) < 4.78 is 23.7. The molecule has 0 aliphatic heterocycles. The lowest BCUT2D eigenvalue weighted by Crippen LogP contribution is -2.16. The molecule has 226 valence electrons. The second-order valence-electron chi connectivity index (χ2n) is 11.0. The van der Waals surface area contributed by atoms with Gasteiger partial charge in [0, 0.05) is 32.3 Å². The quantitative estimate of drug-likeness (QED) is 0.107. The van der Waals surface area contributed by atoms with Crippen LogP contribution in [0.5, 0.6) is 23.0 Å². The summed E-state index contributed by atoms with van der Waals surface area (Å²) in [6.07, 6.45) is -0.327. The Kier molecular flexibility index (Phi) is 7.69. The molecule has 0 radical (unpaired) electrons. The van der Waals surface area contributed by atoms with Crippen LogP contribution in [-0.2, 0) is 12.8 Å². The van der Waals surface area contributed by atoms with Crippen molar-refractivity contribution in [3.8, 4) is 23.0 Å².